The molecule has 2 aromatic rings. The topological polar surface area (TPSA) is 21.6 Å². The minimum Gasteiger partial charge on any atom is -0.497 e. The Kier molecular flexibility index (Phi) is 4.00. The number of aliphatic imine (C=N–C) groups is 1. The zero-order valence-corrected chi connectivity index (χ0v) is 10.8. The van der Waals surface area contributed by atoms with Crippen LogP contribution in [0.1, 0.15) is 0 Å². The van der Waals surface area contributed by atoms with Gasteiger partial charge in [-0.2, -0.15) is 4.99 Å². The average molecular weight is 277 g/mol. The standard InChI is InChI=1S/C14H9F2NOS/c1-18-10-4-2-3-9(7-10)13-11(15)5-6-12(14(13)16)17-8-19/h2-7H,1H3. The van der Waals surface area contributed by atoms with Crippen molar-refractivity contribution in [2.24, 2.45) is 4.99 Å². The van der Waals surface area contributed by atoms with E-state index in [1.165, 1.54) is 13.2 Å². The molecule has 0 fully saturated rings. The lowest BCUT2D eigenvalue weighted by Gasteiger charge is -2.08. The Morgan fingerprint density at radius 3 is 2.68 bits per heavy atom. The lowest BCUT2D eigenvalue weighted by atomic mass is 10.0. The molecule has 0 radical (unpaired) electrons. The van der Waals surface area contributed by atoms with Crippen molar-refractivity contribution in [2.45, 2.75) is 0 Å². The lowest BCUT2D eigenvalue weighted by Crippen LogP contribution is -1.91. The number of rotatable bonds is 3. The van der Waals surface area contributed by atoms with Gasteiger partial charge >= 0.3 is 0 Å². The van der Waals surface area contributed by atoms with E-state index in [2.05, 4.69) is 22.4 Å². The molecular formula is C14H9F2NOS. The van der Waals surface area contributed by atoms with Crippen molar-refractivity contribution < 1.29 is 13.5 Å². The van der Waals surface area contributed by atoms with Gasteiger partial charge < -0.3 is 4.74 Å². The fourth-order valence-electron chi connectivity index (χ4n) is 1.72. The zero-order chi connectivity index (χ0) is 13.8. The molecule has 0 saturated heterocycles. The number of hydrogen-bond acceptors (Lipinski definition) is 3. The van der Waals surface area contributed by atoms with Crippen LogP contribution in [0.3, 0.4) is 0 Å². The summed E-state index contributed by atoms with van der Waals surface area (Å²) in [5.74, 6) is -0.931. The number of thiocarbonyl (C=S) groups is 1. The van der Waals surface area contributed by atoms with Gasteiger partial charge in [0, 0.05) is 0 Å². The van der Waals surface area contributed by atoms with Crippen LogP contribution in [-0.4, -0.2) is 12.3 Å². The van der Waals surface area contributed by atoms with Crippen molar-refractivity contribution in [3.8, 4) is 16.9 Å². The number of ether oxygens (including phenoxy) is 1. The highest BCUT2D eigenvalue weighted by Crippen LogP contribution is 2.33. The maximum atomic E-state index is 14.2. The number of hydrogen-bond donors (Lipinski definition) is 0. The Hall–Kier alpha value is -2.10. The van der Waals surface area contributed by atoms with E-state index < -0.39 is 11.6 Å². The van der Waals surface area contributed by atoms with E-state index in [0.29, 0.717) is 11.3 Å². The van der Waals surface area contributed by atoms with Crippen LogP contribution in [0.5, 0.6) is 5.75 Å². The molecular weight excluding hydrogens is 268 g/mol. The van der Waals surface area contributed by atoms with E-state index in [9.17, 15) is 8.78 Å². The van der Waals surface area contributed by atoms with Gasteiger partial charge in [0.15, 0.2) is 5.82 Å². The van der Waals surface area contributed by atoms with Crippen LogP contribution in [0.25, 0.3) is 11.1 Å². The van der Waals surface area contributed by atoms with Gasteiger partial charge in [-0.1, -0.05) is 12.1 Å². The van der Waals surface area contributed by atoms with Gasteiger partial charge in [-0.15, -0.1) is 0 Å². The first kappa shape index (κ1) is 13.3. The Labute approximate surface area is 114 Å². The van der Waals surface area contributed by atoms with Crippen LogP contribution in [0.2, 0.25) is 0 Å². The first-order valence-electron chi connectivity index (χ1n) is 5.37. The molecule has 96 valence electrons. The molecule has 0 atom stereocenters. The molecule has 2 aromatic carbocycles. The number of methoxy groups -OCH3 is 1. The number of nitrogens with zero attached hydrogens (tertiary/aromatic N) is 1. The quantitative estimate of drug-likeness (QED) is 0.613. The van der Waals surface area contributed by atoms with Gasteiger partial charge in [-0.05, 0) is 42.0 Å². The SMILES string of the molecule is COc1cccc(-c2c(F)ccc(N=C=S)c2F)c1. The molecule has 0 amide bonds. The molecule has 0 N–H and O–H groups in total. The molecule has 2 nitrogen and oxygen atoms in total. The van der Waals surface area contributed by atoms with Crippen molar-refractivity contribution in [3.63, 3.8) is 0 Å². The molecule has 0 heterocycles. The Morgan fingerprint density at radius 2 is 2.00 bits per heavy atom. The third kappa shape index (κ3) is 2.67. The summed E-state index contributed by atoms with van der Waals surface area (Å²) in [5.41, 5.74) is 0.162. The fourth-order valence-corrected chi connectivity index (χ4v) is 1.82. The van der Waals surface area contributed by atoms with Crippen molar-refractivity contribution in [2.75, 3.05) is 7.11 Å². The summed E-state index contributed by atoms with van der Waals surface area (Å²) < 4.78 is 33.0. The van der Waals surface area contributed by atoms with E-state index in [4.69, 9.17) is 4.74 Å². The molecule has 0 saturated carbocycles. The Morgan fingerprint density at radius 1 is 1.21 bits per heavy atom. The largest absolute Gasteiger partial charge is 0.497 e. The van der Waals surface area contributed by atoms with Crippen LogP contribution in [0.15, 0.2) is 41.4 Å². The van der Waals surface area contributed by atoms with Crippen molar-refractivity contribution in [1.29, 1.82) is 0 Å². The number of benzene rings is 2. The van der Waals surface area contributed by atoms with Gasteiger partial charge in [-0.25, -0.2) is 8.78 Å². The Balaban J connectivity index is 2.66. The molecule has 0 aromatic heterocycles. The van der Waals surface area contributed by atoms with E-state index in [1.807, 2.05) is 0 Å². The molecule has 0 unspecified atom stereocenters. The van der Waals surface area contributed by atoms with Gasteiger partial charge in [0.1, 0.15) is 17.3 Å². The second-order valence-corrected chi connectivity index (χ2v) is 3.87. The van der Waals surface area contributed by atoms with Gasteiger partial charge in [-0.3, -0.25) is 0 Å². The summed E-state index contributed by atoms with van der Waals surface area (Å²) in [7, 11) is 1.48. The van der Waals surface area contributed by atoms with Crippen LogP contribution in [0, 0.1) is 11.6 Å². The highest BCUT2D eigenvalue weighted by atomic mass is 32.1. The number of halogens is 2. The molecule has 0 aliphatic rings. The lowest BCUT2D eigenvalue weighted by molar-refractivity contribution is 0.415. The fraction of sp³-hybridized carbons (Fsp3) is 0.0714. The molecule has 0 bridgehead atoms. The number of isothiocyanates is 1. The molecule has 5 heteroatoms. The van der Waals surface area contributed by atoms with Gasteiger partial charge in [0.25, 0.3) is 0 Å². The predicted molar refractivity (Wildman–Crippen MR) is 73.0 cm³/mol. The maximum absolute atomic E-state index is 14.2. The first-order chi connectivity index (χ1) is 9.17. The molecule has 0 spiro atoms. The van der Waals surface area contributed by atoms with E-state index >= 15 is 0 Å². The zero-order valence-electron chi connectivity index (χ0n) is 9.98. The van der Waals surface area contributed by atoms with Gasteiger partial charge in [0.2, 0.25) is 0 Å². The molecule has 0 aliphatic heterocycles. The van der Waals surface area contributed by atoms with Crippen LogP contribution >= 0.6 is 12.2 Å². The van der Waals surface area contributed by atoms with Crippen molar-refractivity contribution in [3.05, 3.63) is 48.0 Å². The summed E-state index contributed by atoms with van der Waals surface area (Å²) in [4.78, 5) is 3.57. The summed E-state index contributed by atoms with van der Waals surface area (Å²) in [6.45, 7) is 0. The molecule has 19 heavy (non-hydrogen) atoms. The summed E-state index contributed by atoms with van der Waals surface area (Å²) in [5, 5.41) is 2.07. The minimum atomic E-state index is -0.773. The van der Waals surface area contributed by atoms with Gasteiger partial charge in [0.05, 0.1) is 17.8 Å². The highest BCUT2D eigenvalue weighted by molar-refractivity contribution is 7.78. The third-order valence-electron chi connectivity index (χ3n) is 2.60. The van der Waals surface area contributed by atoms with Crippen molar-refractivity contribution >= 4 is 23.1 Å². The van der Waals surface area contributed by atoms with E-state index in [0.717, 1.165) is 6.07 Å². The molecule has 2 rings (SSSR count). The average Bonchev–Trinajstić information content (AvgIpc) is 2.42. The van der Waals surface area contributed by atoms with Crippen molar-refractivity contribution in [1.82, 2.24) is 0 Å². The predicted octanol–water partition coefficient (Wildman–Crippen LogP) is 4.37. The minimum absolute atomic E-state index is 0.0470. The highest BCUT2D eigenvalue weighted by Gasteiger charge is 2.15. The summed E-state index contributed by atoms with van der Waals surface area (Å²) >= 11 is 4.43. The third-order valence-corrected chi connectivity index (χ3v) is 2.69. The molecule has 0 aliphatic carbocycles. The normalized spacial score (nSPS) is 9.84. The Bertz CT molecular complexity index is 666. The van der Waals surface area contributed by atoms with E-state index in [1.54, 1.807) is 24.3 Å². The monoisotopic (exact) mass is 277 g/mol. The van der Waals surface area contributed by atoms with E-state index in [-0.39, 0.29) is 11.3 Å². The van der Waals surface area contributed by atoms with Crippen LogP contribution in [-0.2, 0) is 0 Å². The van der Waals surface area contributed by atoms with Crippen LogP contribution in [0.4, 0.5) is 14.5 Å². The first-order valence-corrected chi connectivity index (χ1v) is 5.78. The second kappa shape index (κ2) is 5.69. The van der Waals surface area contributed by atoms with Crippen LogP contribution < -0.4 is 4.74 Å². The summed E-state index contributed by atoms with van der Waals surface area (Å²) in [6.07, 6.45) is 0. The maximum Gasteiger partial charge on any atom is 0.160 e. The smallest absolute Gasteiger partial charge is 0.160 e. The summed E-state index contributed by atoms with van der Waals surface area (Å²) in [6, 6.07) is 8.85. The second-order valence-electron chi connectivity index (χ2n) is 3.69.